The lowest BCUT2D eigenvalue weighted by Gasteiger charge is -1.98. The number of allylic oxidation sites excluding steroid dienone is 1. The molecule has 0 saturated heterocycles. The van der Waals surface area contributed by atoms with Gasteiger partial charge in [0.15, 0.2) is 0 Å². The molecule has 0 unspecified atom stereocenters. The highest BCUT2D eigenvalue weighted by Crippen LogP contribution is 2.12. The first-order valence-electron chi connectivity index (χ1n) is 3.89. The van der Waals surface area contributed by atoms with Crippen LogP contribution in [0.2, 0.25) is 0 Å². The van der Waals surface area contributed by atoms with Crippen LogP contribution in [0, 0.1) is 0 Å². The second-order valence-electron chi connectivity index (χ2n) is 2.75. The summed E-state index contributed by atoms with van der Waals surface area (Å²) < 4.78 is 2.70. The second-order valence-corrected chi connectivity index (χ2v) is 3.87. The lowest BCUT2D eigenvalue weighted by molar-refractivity contribution is 0.679. The van der Waals surface area contributed by atoms with E-state index in [1.807, 2.05) is 28.9 Å². The minimum atomic E-state index is 0.653. The smallest absolute Gasteiger partial charge is 0.113 e. The van der Waals surface area contributed by atoms with Gasteiger partial charge in [0.2, 0.25) is 0 Å². The van der Waals surface area contributed by atoms with E-state index < -0.39 is 0 Å². The summed E-state index contributed by atoms with van der Waals surface area (Å²) in [5.41, 5.74) is 1.94. The fourth-order valence-corrected chi connectivity index (χ4v) is 1.43. The number of benzene rings is 1. The van der Waals surface area contributed by atoms with Gasteiger partial charge in [-0.05, 0) is 12.1 Å². The Balaban J connectivity index is 2.51. The van der Waals surface area contributed by atoms with E-state index in [4.69, 9.17) is 0 Å². The maximum Gasteiger partial charge on any atom is 0.113 e. The minimum absolute atomic E-state index is 0.653. The Hall–Kier alpha value is -1.16. The molecule has 4 heteroatoms. The number of para-hydroxylation sites is 1. The standard InChI is InChI=1S/C9H8BrN3/c1-7(10)6-13-9-5-3-2-4-8(9)11-12-13/h2-5H,1,6H2. The number of fused-ring (bicyclic) bond motifs is 1. The zero-order valence-corrected chi connectivity index (χ0v) is 8.53. The molecule has 1 heterocycles. The molecule has 0 fully saturated rings. The molecule has 1 aromatic heterocycles. The normalized spacial score (nSPS) is 10.5. The summed E-state index contributed by atoms with van der Waals surface area (Å²) in [5, 5.41) is 8.03. The number of hydrogen-bond acceptors (Lipinski definition) is 2. The quantitative estimate of drug-likeness (QED) is 0.803. The van der Waals surface area contributed by atoms with Gasteiger partial charge in [0.25, 0.3) is 0 Å². The lowest BCUT2D eigenvalue weighted by Crippen LogP contribution is -1.99. The van der Waals surface area contributed by atoms with Crippen LogP contribution >= 0.6 is 15.9 Å². The molecule has 2 rings (SSSR count). The zero-order valence-electron chi connectivity index (χ0n) is 6.94. The molecular formula is C9H8BrN3. The van der Waals surface area contributed by atoms with Gasteiger partial charge in [-0.1, -0.05) is 39.9 Å². The first-order valence-corrected chi connectivity index (χ1v) is 4.68. The van der Waals surface area contributed by atoms with E-state index in [2.05, 4.69) is 32.8 Å². The van der Waals surface area contributed by atoms with Crippen LogP contribution in [-0.4, -0.2) is 15.0 Å². The molecule has 0 radical (unpaired) electrons. The van der Waals surface area contributed by atoms with E-state index in [0.717, 1.165) is 15.5 Å². The SMILES string of the molecule is C=C(Br)Cn1nnc2ccccc21. The van der Waals surface area contributed by atoms with Gasteiger partial charge < -0.3 is 0 Å². The van der Waals surface area contributed by atoms with Crippen LogP contribution in [0.4, 0.5) is 0 Å². The Kier molecular flexibility index (Phi) is 2.14. The first kappa shape index (κ1) is 8.44. The number of rotatable bonds is 2. The third kappa shape index (κ3) is 1.62. The average molecular weight is 238 g/mol. The predicted octanol–water partition coefficient (Wildman–Crippen LogP) is 2.34. The van der Waals surface area contributed by atoms with Crippen molar-refractivity contribution in [2.45, 2.75) is 6.54 Å². The molecule has 0 aliphatic carbocycles. The fourth-order valence-electron chi connectivity index (χ4n) is 1.20. The van der Waals surface area contributed by atoms with Crippen LogP contribution < -0.4 is 0 Å². The number of halogens is 1. The van der Waals surface area contributed by atoms with Crippen LogP contribution in [0.15, 0.2) is 35.3 Å². The predicted molar refractivity (Wildman–Crippen MR) is 55.6 cm³/mol. The van der Waals surface area contributed by atoms with Gasteiger partial charge in [-0.3, -0.25) is 0 Å². The molecule has 3 nitrogen and oxygen atoms in total. The third-order valence-electron chi connectivity index (χ3n) is 1.74. The van der Waals surface area contributed by atoms with E-state index in [-0.39, 0.29) is 0 Å². The summed E-state index contributed by atoms with van der Waals surface area (Å²) in [6.45, 7) is 4.42. The molecule has 2 aromatic rings. The summed E-state index contributed by atoms with van der Waals surface area (Å²) >= 11 is 3.30. The van der Waals surface area contributed by atoms with Gasteiger partial charge in [0, 0.05) is 4.48 Å². The second kappa shape index (κ2) is 3.30. The third-order valence-corrected chi connectivity index (χ3v) is 1.99. The zero-order chi connectivity index (χ0) is 9.26. The summed E-state index contributed by atoms with van der Waals surface area (Å²) in [5.74, 6) is 0. The van der Waals surface area contributed by atoms with Crippen molar-refractivity contribution in [2.75, 3.05) is 0 Å². The van der Waals surface area contributed by atoms with E-state index in [0.29, 0.717) is 6.54 Å². The highest BCUT2D eigenvalue weighted by atomic mass is 79.9. The number of nitrogens with zero attached hydrogens (tertiary/aromatic N) is 3. The van der Waals surface area contributed by atoms with Crippen LogP contribution in [-0.2, 0) is 6.54 Å². The molecule has 0 spiro atoms. The maximum atomic E-state index is 4.02. The molecule has 0 saturated carbocycles. The molecule has 66 valence electrons. The first-order chi connectivity index (χ1) is 6.27. The van der Waals surface area contributed by atoms with Crippen LogP contribution in [0.5, 0.6) is 0 Å². The average Bonchev–Trinajstić information content (AvgIpc) is 2.48. The molecule has 0 atom stereocenters. The van der Waals surface area contributed by atoms with Crippen molar-refractivity contribution in [1.29, 1.82) is 0 Å². The Bertz CT molecular complexity index is 447. The highest BCUT2D eigenvalue weighted by molar-refractivity contribution is 9.11. The Morgan fingerprint density at radius 1 is 1.46 bits per heavy atom. The van der Waals surface area contributed by atoms with E-state index in [9.17, 15) is 0 Å². The molecule has 1 aromatic carbocycles. The van der Waals surface area contributed by atoms with Crippen molar-refractivity contribution in [1.82, 2.24) is 15.0 Å². The molecular weight excluding hydrogens is 230 g/mol. The number of hydrogen-bond donors (Lipinski definition) is 0. The van der Waals surface area contributed by atoms with Crippen molar-refractivity contribution in [3.8, 4) is 0 Å². The summed E-state index contributed by atoms with van der Waals surface area (Å²) in [4.78, 5) is 0. The monoisotopic (exact) mass is 237 g/mol. The van der Waals surface area contributed by atoms with Crippen molar-refractivity contribution >= 4 is 27.0 Å². The van der Waals surface area contributed by atoms with Gasteiger partial charge >= 0.3 is 0 Å². The van der Waals surface area contributed by atoms with Gasteiger partial charge in [-0.25, -0.2) is 4.68 Å². The van der Waals surface area contributed by atoms with Crippen molar-refractivity contribution in [2.24, 2.45) is 0 Å². The molecule has 13 heavy (non-hydrogen) atoms. The highest BCUT2D eigenvalue weighted by Gasteiger charge is 2.02. The van der Waals surface area contributed by atoms with Crippen molar-refractivity contribution in [3.63, 3.8) is 0 Å². The number of aromatic nitrogens is 3. The summed E-state index contributed by atoms with van der Waals surface area (Å²) in [6, 6.07) is 7.85. The molecule has 0 amide bonds. The molecule has 0 aliphatic rings. The molecule has 0 N–H and O–H groups in total. The van der Waals surface area contributed by atoms with Crippen LogP contribution in [0.25, 0.3) is 11.0 Å². The van der Waals surface area contributed by atoms with Crippen LogP contribution in [0.1, 0.15) is 0 Å². The van der Waals surface area contributed by atoms with Crippen molar-refractivity contribution < 1.29 is 0 Å². The van der Waals surface area contributed by atoms with Gasteiger partial charge in [0.1, 0.15) is 5.52 Å². The van der Waals surface area contributed by atoms with E-state index in [1.54, 1.807) is 0 Å². The largest absolute Gasteiger partial charge is 0.240 e. The Morgan fingerprint density at radius 2 is 2.23 bits per heavy atom. The summed E-state index contributed by atoms with van der Waals surface area (Å²) in [7, 11) is 0. The van der Waals surface area contributed by atoms with Gasteiger partial charge in [-0.2, -0.15) is 0 Å². The van der Waals surface area contributed by atoms with E-state index in [1.165, 1.54) is 0 Å². The lowest BCUT2D eigenvalue weighted by atomic mass is 10.3. The fraction of sp³-hybridized carbons (Fsp3) is 0.111. The Morgan fingerprint density at radius 3 is 3.00 bits per heavy atom. The minimum Gasteiger partial charge on any atom is -0.240 e. The van der Waals surface area contributed by atoms with Crippen LogP contribution in [0.3, 0.4) is 0 Å². The van der Waals surface area contributed by atoms with Gasteiger partial charge in [-0.15, -0.1) is 5.10 Å². The molecule has 0 bridgehead atoms. The van der Waals surface area contributed by atoms with E-state index >= 15 is 0 Å². The molecule has 0 aliphatic heterocycles. The summed E-state index contributed by atoms with van der Waals surface area (Å²) in [6.07, 6.45) is 0. The Labute approximate surface area is 84.2 Å². The topological polar surface area (TPSA) is 30.7 Å². The maximum absolute atomic E-state index is 4.02. The van der Waals surface area contributed by atoms with Gasteiger partial charge in [0.05, 0.1) is 12.1 Å². The van der Waals surface area contributed by atoms with Crippen molar-refractivity contribution in [3.05, 3.63) is 35.3 Å².